The van der Waals surface area contributed by atoms with Crippen LogP contribution in [0.25, 0.3) is 0 Å². The van der Waals surface area contributed by atoms with E-state index < -0.39 is 23.6 Å². The molecule has 1 aromatic carbocycles. The van der Waals surface area contributed by atoms with E-state index in [1.54, 1.807) is 11.6 Å². The molecule has 7 heteroatoms. The van der Waals surface area contributed by atoms with Crippen LogP contribution in [0.3, 0.4) is 0 Å². The smallest absolute Gasteiger partial charge is 0.221 e. The van der Waals surface area contributed by atoms with Gasteiger partial charge in [0.2, 0.25) is 5.91 Å². The first-order valence-electron chi connectivity index (χ1n) is 6.11. The number of nitrogens with one attached hydrogen (secondary N) is 1. The Balaban J connectivity index is 1.98. The van der Waals surface area contributed by atoms with Crippen LogP contribution in [0.5, 0.6) is 0 Å². The third-order valence-corrected chi connectivity index (χ3v) is 3.43. The predicted molar refractivity (Wildman–Crippen MR) is 73.3 cm³/mol. The molecule has 0 aliphatic heterocycles. The normalized spacial score (nSPS) is 11.7. The van der Waals surface area contributed by atoms with E-state index in [2.05, 4.69) is 10.3 Å². The van der Waals surface area contributed by atoms with E-state index in [1.165, 1.54) is 11.3 Å². The molecule has 0 radical (unpaired) electrons. The summed E-state index contributed by atoms with van der Waals surface area (Å²) in [6.07, 6.45) is 0.587. The molecule has 1 aromatic heterocycles. The lowest BCUT2D eigenvalue weighted by Gasteiger charge is -2.12. The molecule has 108 valence electrons. The van der Waals surface area contributed by atoms with Crippen molar-refractivity contribution in [1.82, 2.24) is 10.3 Å². The maximum Gasteiger partial charge on any atom is 0.221 e. The van der Waals surface area contributed by atoms with E-state index in [4.69, 9.17) is 5.26 Å². The molecule has 0 spiro atoms. The van der Waals surface area contributed by atoms with Gasteiger partial charge in [0.25, 0.3) is 0 Å². The lowest BCUT2D eigenvalue weighted by atomic mass is 10.1. The minimum atomic E-state index is -1.14. The van der Waals surface area contributed by atoms with Crippen LogP contribution in [0.4, 0.5) is 8.78 Å². The molecule has 1 N–H and O–H groups in total. The van der Waals surface area contributed by atoms with Gasteiger partial charge < -0.3 is 5.32 Å². The van der Waals surface area contributed by atoms with Crippen LogP contribution in [-0.2, 0) is 11.2 Å². The van der Waals surface area contributed by atoms with Crippen molar-refractivity contribution in [2.45, 2.75) is 18.9 Å². The number of benzene rings is 1. The van der Waals surface area contributed by atoms with E-state index in [0.717, 1.165) is 17.8 Å². The highest BCUT2D eigenvalue weighted by Crippen LogP contribution is 2.18. The summed E-state index contributed by atoms with van der Waals surface area (Å²) in [4.78, 5) is 15.8. The van der Waals surface area contributed by atoms with Crippen molar-refractivity contribution in [3.8, 4) is 6.07 Å². The van der Waals surface area contributed by atoms with Gasteiger partial charge in [0.15, 0.2) is 0 Å². The zero-order valence-corrected chi connectivity index (χ0v) is 11.7. The van der Waals surface area contributed by atoms with Gasteiger partial charge in [-0.25, -0.2) is 13.8 Å². The van der Waals surface area contributed by atoms with E-state index >= 15 is 0 Å². The molecule has 1 amide bonds. The lowest BCUT2D eigenvalue weighted by Crippen LogP contribution is -2.28. The monoisotopic (exact) mass is 307 g/mol. The first-order valence-corrected chi connectivity index (χ1v) is 7.05. The Bertz CT molecular complexity index is 667. The van der Waals surface area contributed by atoms with Gasteiger partial charge in [0.1, 0.15) is 17.7 Å². The number of nitrogens with zero attached hydrogens (tertiary/aromatic N) is 2. The second-order valence-electron chi connectivity index (χ2n) is 4.28. The average Bonchev–Trinajstić information content (AvgIpc) is 2.96. The van der Waals surface area contributed by atoms with Crippen LogP contribution in [0, 0.1) is 23.0 Å². The number of aromatic nitrogens is 1. The van der Waals surface area contributed by atoms with Crippen LogP contribution >= 0.6 is 11.3 Å². The molecule has 0 saturated heterocycles. The number of nitriles is 1. The molecule has 0 aliphatic rings. The summed E-state index contributed by atoms with van der Waals surface area (Å²) >= 11 is 1.43. The second-order valence-corrected chi connectivity index (χ2v) is 4.99. The molecule has 0 fully saturated rings. The highest BCUT2D eigenvalue weighted by Gasteiger charge is 2.18. The molecule has 4 nitrogen and oxygen atoms in total. The van der Waals surface area contributed by atoms with Crippen LogP contribution in [0.15, 0.2) is 29.1 Å². The lowest BCUT2D eigenvalue weighted by molar-refractivity contribution is -0.121. The van der Waals surface area contributed by atoms with Crippen LogP contribution in [-0.4, -0.2) is 10.9 Å². The van der Waals surface area contributed by atoms with Gasteiger partial charge >= 0.3 is 0 Å². The van der Waals surface area contributed by atoms with Crippen molar-refractivity contribution < 1.29 is 13.6 Å². The van der Waals surface area contributed by atoms with Gasteiger partial charge in [-0.3, -0.25) is 4.79 Å². The van der Waals surface area contributed by atoms with Gasteiger partial charge in [0, 0.05) is 23.4 Å². The SMILES string of the molecule is N#C[C@@H](NC(=O)CCc1cscn1)c1ccc(F)cc1F. The number of rotatable bonds is 5. The molecule has 0 saturated carbocycles. The Morgan fingerprint density at radius 1 is 1.48 bits per heavy atom. The number of halogens is 2. The summed E-state index contributed by atoms with van der Waals surface area (Å²) in [5.41, 5.74) is 2.40. The van der Waals surface area contributed by atoms with Gasteiger partial charge in [-0.1, -0.05) is 6.07 Å². The molecule has 21 heavy (non-hydrogen) atoms. The van der Waals surface area contributed by atoms with Crippen LogP contribution in [0.2, 0.25) is 0 Å². The second kappa shape index (κ2) is 6.90. The quantitative estimate of drug-likeness (QED) is 0.923. The largest absolute Gasteiger partial charge is 0.337 e. The third-order valence-electron chi connectivity index (χ3n) is 2.80. The average molecular weight is 307 g/mol. The van der Waals surface area contributed by atoms with E-state index in [9.17, 15) is 13.6 Å². The van der Waals surface area contributed by atoms with E-state index in [0.29, 0.717) is 12.5 Å². The number of hydrogen-bond acceptors (Lipinski definition) is 4. The van der Waals surface area contributed by atoms with Crippen molar-refractivity contribution in [2.24, 2.45) is 0 Å². The topological polar surface area (TPSA) is 65.8 Å². The molecule has 0 unspecified atom stereocenters. The van der Waals surface area contributed by atoms with Gasteiger partial charge in [-0.2, -0.15) is 5.26 Å². The molecule has 0 aliphatic carbocycles. The van der Waals surface area contributed by atoms with Gasteiger partial charge in [-0.15, -0.1) is 11.3 Å². The first-order chi connectivity index (χ1) is 10.1. The minimum absolute atomic E-state index is 0.0547. The van der Waals surface area contributed by atoms with Crippen molar-refractivity contribution in [2.75, 3.05) is 0 Å². The molecule has 1 atom stereocenters. The predicted octanol–water partition coefficient (Wildman–Crippen LogP) is 2.73. The standard InChI is InChI=1S/C14H11F2N3OS/c15-9-1-3-11(12(16)5-9)13(6-17)19-14(20)4-2-10-7-21-8-18-10/h1,3,5,7-8,13H,2,4H2,(H,19,20)/t13-/m1/s1. The first kappa shape index (κ1) is 15.1. The van der Waals surface area contributed by atoms with Gasteiger partial charge in [0.05, 0.1) is 17.3 Å². The summed E-state index contributed by atoms with van der Waals surface area (Å²) in [5, 5.41) is 13.3. The number of carbonyl (C=O) groups excluding carboxylic acids is 1. The maximum absolute atomic E-state index is 13.6. The van der Waals surface area contributed by atoms with Crippen molar-refractivity contribution >= 4 is 17.2 Å². The summed E-state index contributed by atoms with van der Waals surface area (Å²) in [6.45, 7) is 0. The number of carbonyl (C=O) groups is 1. The zero-order chi connectivity index (χ0) is 15.2. The highest BCUT2D eigenvalue weighted by molar-refractivity contribution is 7.07. The molecule has 1 heterocycles. The highest BCUT2D eigenvalue weighted by atomic mass is 32.1. The minimum Gasteiger partial charge on any atom is -0.337 e. The summed E-state index contributed by atoms with van der Waals surface area (Å²) < 4.78 is 26.4. The summed E-state index contributed by atoms with van der Waals surface area (Å²) in [5.74, 6) is -1.98. The Morgan fingerprint density at radius 3 is 2.90 bits per heavy atom. The molecule has 2 aromatic rings. The fourth-order valence-electron chi connectivity index (χ4n) is 1.75. The molecular formula is C14H11F2N3OS. The Kier molecular flexibility index (Phi) is 4.95. The number of thiazole rings is 1. The summed E-state index contributed by atoms with van der Waals surface area (Å²) in [6, 6.07) is 3.53. The molecular weight excluding hydrogens is 296 g/mol. The third kappa shape index (κ3) is 4.07. The maximum atomic E-state index is 13.6. The molecule has 0 bridgehead atoms. The van der Waals surface area contributed by atoms with E-state index in [1.807, 2.05) is 5.38 Å². The van der Waals surface area contributed by atoms with Crippen molar-refractivity contribution in [3.05, 3.63) is 52.0 Å². The Morgan fingerprint density at radius 2 is 2.29 bits per heavy atom. The summed E-state index contributed by atoms with van der Waals surface area (Å²) in [7, 11) is 0. The van der Waals surface area contributed by atoms with Crippen molar-refractivity contribution in [3.63, 3.8) is 0 Å². The zero-order valence-electron chi connectivity index (χ0n) is 10.8. The fraction of sp³-hybridized carbons (Fsp3) is 0.214. The van der Waals surface area contributed by atoms with E-state index in [-0.39, 0.29) is 12.0 Å². The molecule has 2 rings (SSSR count). The Labute approximate surface area is 124 Å². The number of aryl methyl sites for hydroxylation is 1. The van der Waals surface area contributed by atoms with Crippen LogP contribution < -0.4 is 5.32 Å². The van der Waals surface area contributed by atoms with Crippen LogP contribution in [0.1, 0.15) is 23.7 Å². The van der Waals surface area contributed by atoms with Crippen molar-refractivity contribution in [1.29, 1.82) is 5.26 Å². The number of amides is 1. The Hall–Kier alpha value is -2.33. The van der Waals surface area contributed by atoms with Gasteiger partial charge in [-0.05, 0) is 12.5 Å². The fourth-order valence-corrected chi connectivity index (χ4v) is 2.34. The number of hydrogen-bond donors (Lipinski definition) is 1.